The van der Waals surface area contributed by atoms with Gasteiger partial charge in [-0.3, -0.25) is 15.2 Å². The van der Waals surface area contributed by atoms with Gasteiger partial charge in [-0.05, 0) is 55.6 Å². The minimum absolute atomic E-state index is 0.0615. The number of urea groups is 1. The Morgan fingerprint density at radius 3 is 2.46 bits per heavy atom. The Bertz CT molecular complexity index is 1190. The minimum atomic E-state index is -1.40. The number of H-pyrrole nitrogens is 1. The molecule has 0 bridgehead atoms. The summed E-state index contributed by atoms with van der Waals surface area (Å²) in [7, 11) is 1.64. The lowest BCUT2D eigenvalue weighted by atomic mass is 9.98. The molecule has 1 saturated heterocycles. The van der Waals surface area contributed by atoms with Gasteiger partial charge in [0, 0.05) is 20.2 Å². The van der Waals surface area contributed by atoms with E-state index in [4.69, 9.17) is 10.5 Å². The molecule has 0 spiro atoms. The first-order valence-corrected chi connectivity index (χ1v) is 11.0. The van der Waals surface area contributed by atoms with E-state index in [1.165, 1.54) is 4.68 Å². The molecule has 0 aliphatic carbocycles. The summed E-state index contributed by atoms with van der Waals surface area (Å²) in [6.45, 7) is 4.66. The Morgan fingerprint density at radius 2 is 1.86 bits per heavy atom. The molecule has 3 aromatic rings. The summed E-state index contributed by atoms with van der Waals surface area (Å²) in [4.78, 5) is 24.6. The number of hydrogen-bond donors (Lipinski definition) is 3. The summed E-state index contributed by atoms with van der Waals surface area (Å²) in [5.74, 6) is -3.20. The van der Waals surface area contributed by atoms with Crippen LogP contribution in [-0.4, -0.2) is 54.1 Å². The number of ether oxygens (including phenoxy) is 1. The zero-order chi connectivity index (χ0) is 25.5. The number of anilines is 1. The van der Waals surface area contributed by atoms with Crippen molar-refractivity contribution < 1.29 is 22.7 Å². The van der Waals surface area contributed by atoms with E-state index in [0.29, 0.717) is 23.6 Å². The average molecular weight is 492 g/mol. The third kappa shape index (κ3) is 6.52. The summed E-state index contributed by atoms with van der Waals surface area (Å²) in [5.41, 5.74) is 6.49. The molecule has 0 radical (unpaired) electrons. The van der Waals surface area contributed by atoms with Crippen LogP contribution in [0.25, 0.3) is 5.69 Å². The molecule has 35 heavy (non-hydrogen) atoms. The molecule has 2 amide bonds. The van der Waals surface area contributed by atoms with E-state index >= 15 is 0 Å². The maximum atomic E-state index is 13.1. The van der Waals surface area contributed by atoms with E-state index in [9.17, 15) is 22.8 Å². The van der Waals surface area contributed by atoms with Crippen LogP contribution in [0.1, 0.15) is 23.5 Å². The van der Waals surface area contributed by atoms with E-state index in [1.807, 2.05) is 30.3 Å². The predicted octanol–water partition coefficient (Wildman–Crippen LogP) is 3.50. The van der Waals surface area contributed by atoms with Crippen molar-refractivity contribution >= 4 is 11.8 Å². The molecule has 1 atom stereocenters. The van der Waals surface area contributed by atoms with Crippen LogP contribution in [0, 0.1) is 24.4 Å². The van der Waals surface area contributed by atoms with Gasteiger partial charge in [-0.15, -0.1) is 0 Å². The monoisotopic (exact) mass is 491 g/mol. The number of nitrogens with two attached hydrogens (primary N) is 1. The highest BCUT2D eigenvalue weighted by Gasteiger charge is 2.25. The second-order valence-corrected chi connectivity index (χ2v) is 8.15. The van der Waals surface area contributed by atoms with Crippen molar-refractivity contribution in [2.45, 2.75) is 19.3 Å². The van der Waals surface area contributed by atoms with Crippen LogP contribution in [0.4, 0.5) is 23.8 Å². The third-order valence-corrected chi connectivity index (χ3v) is 5.75. The highest BCUT2D eigenvalue weighted by Crippen LogP contribution is 2.29. The highest BCUT2D eigenvalue weighted by atomic mass is 19.2. The summed E-state index contributed by atoms with van der Waals surface area (Å²) >= 11 is 0. The molecule has 0 saturated carbocycles. The van der Waals surface area contributed by atoms with Crippen LogP contribution in [0.2, 0.25) is 0 Å². The number of aromatic amines is 1. The lowest BCUT2D eigenvalue weighted by Gasteiger charge is -2.15. The van der Waals surface area contributed by atoms with Crippen LogP contribution in [0.5, 0.6) is 0 Å². The maximum Gasteiger partial charge on any atom is 0.317 e. The van der Waals surface area contributed by atoms with Crippen molar-refractivity contribution in [3.8, 4) is 5.69 Å². The molecule has 2 aromatic carbocycles. The first-order valence-electron chi connectivity index (χ1n) is 11.0. The Labute approximate surface area is 200 Å². The van der Waals surface area contributed by atoms with Crippen molar-refractivity contribution in [3.05, 3.63) is 81.4 Å². The number of methoxy groups -OCH3 is 1. The number of rotatable bonds is 6. The van der Waals surface area contributed by atoms with Crippen molar-refractivity contribution in [2.75, 3.05) is 38.7 Å². The molecular weight excluding hydrogens is 463 g/mol. The van der Waals surface area contributed by atoms with Gasteiger partial charge in [0.2, 0.25) is 0 Å². The molecule has 1 aromatic heterocycles. The number of nitrogens with zero attached hydrogens (tertiary/aromatic N) is 2. The predicted molar refractivity (Wildman–Crippen MR) is 126 cm³/mol. The van der Waals surface area contributed by atoms with Crippen molar-refractivity contribution in [3.63, 3.8) is 0 Å². The summed E-state index contributed by atoms with van der Waals surface area (Å²) in [5, 5.41) is 5.06. The summed E-state index contributed by atoms with van der Waals surface area (Å²) in [6.07, 6.45) is 0.828. The quantitative estimate of drug-likeness (QED) is 0.459. The van der Waals surface area contributed by atoms with Gasteiger partial charge in [-0.25, -0.2) is 22.6 Å². The topological polar surface area (TPSA) is 105 Å². The Kier molecular flexibility index (Phi) is 8.72. The molecule has 2 heterocycles. The number of carbonyl (C=O) groups excluding carboxylic acids is 1. The van der Waals surface area contributed by atoms with E-state index < -0.39 is 23.5 Å². The van der Waals surface area contributed by atoms with Gasteiger partial charge >= 0.3 is 6.03 Å². The summed E-state index contributed by atoms with van der Waals surface area (Å²) in [6, 6.07) is 10.6. The zero-order valence-electron chi connectivity index (χ0n) is 19.5. The molecule has 4 N–H and O–H groups in total. The van der Waals surface area contributed by atoms with E-state index in [1.54, 1.807) is 14.0 Å². The second kappa shape index (κ2) is 11.7. The Hall–Kier alpha value is -3.57. The smallest absolute Gasteiger partial charge is 0.317 e. The molecule has 8 nitrogen and oxygen atoms in total. The van der Waals surface area contributed by atoms with Gasteiger partial charge in [0.1, 0.15) is 5.82 Å². The lowest BCUT2D eigenvalue weighted by Crippen LogP contribution is -2.24. The number of para-hydroxylation sites is 1. The molecule has 1 fully saturated rings. The van der Waals surface area contributed by atoms with Crippen molar-refractivity contribution in [1.82, 2.24) is 14.7 Å². The number of halogens is 3. The van der Waals surface area contributed by atoms with Gasteiger partial charge in [-0.2, -0.15) is 0 Å². The lowest BCUT2D eigenvalue weighted by molar-refractivity contribution is 0.160. The number of amides is 2. The normalized spacial score (nSPS) is 15.5. The van der Waals surface area contributed by atoms with E-state index in [-0.39, 0.29) is 11.5 Å². The van der Waals surface area contributed by atoms with Crippen LogP contribution in [-0.2, 0) is 4.74 Å². The fourth-order valence-corrected chi connectivity index (χ4v) is 3.89. The fourth-order valence-electron chi connectivity index (χ4n) is 3.89. The number of hydrogen-bond acceptors (Lipinski definition) is 4. The van der Waals surface area contributed by atoms with E-state index in [0.717, 1.165) is 43.9 Å². The number of likely N-dealkylation sites (tertiary alicyclic amines) is 1. The third-order valence-electron chi connectivity index (χ3n) is 5.75. The van der Waals surface area contributed by atoms with Gasteiger partial charge in [0.05, 0.1) is 17.9 Å². The number of carbonyl (C=O) groups is 1. The Morgan fingerprint density at radius 1 is 1.20 bits per heavy atom. The Balaban J connectivity index is 0.000000196. The fraction of sp³-hybridized carbons (Fsp3) is 0.333. The second-order valence-electron chi connectivity index (χ2n) is 8.15. The minimum Gasteiger partial charge on any atom is -0.383 e. The van der Waals surface area contributed by atoms with Crippen LogP contribution in [0.3, 0.4) is 0 Å². The summed E-state index contributed by atoms with van der Waals surface area (Å²) < 4.78 is 45.6. The van der Waals surface area contributed by atoms with Gasteiger partial charge in [-0.1, -0.05) is 18.2 Å². The molecule has 4 rings (SSSR count). The number of aromatic nitrogens is 2. The van der Waals surface area contributed by atoms with Crippen molar-refractivity contribution in [2.24, 2.45) is 5.73 Å². The van der Waals surface area contributed by atoms with Gasteiger partial charge in [0.15, 0.2) is 17.5 Å². The molecule has 188 valence electrons. The first-order chi connectivity index (χ1) is 16.7. The number of primary amides is 1. The maximum absolute atomic E-state index is 13.1. The number of nitrogens with one attached hydrogen (secondary N) is 2. The zero-order valence-corrected chi connectivity index (χ0v) is 19.5. The van der Waals surface area contributed by atoms with Crippen molar-refractivity contribution in [1.29, 1.82) is 0 Å². The van der Waals surface area contributed by atoms with Crippen LogP contribution >= 0.6 is 0 Å². The van der Waals surface area contributed by atoms with Gasteiger partial charge < -0.3 is 15.4 Å². The molecule has 11 heteroatoms. The van der Waals surface area contributed by atoms with Gasteiger partial charge in [0.25, 0.3) is 5.56 Å². The van der Waals surface area contributed by atoms with Crippen LogP contribution < -0.4 is 16.6 Å². The average Bonchev–Trinajstić information content (AvgIpc) is 3.42. The van der Waals surface area contributed by atoms with Crippen LogP contribution in [0.15, 0.2) is 47.3 Å². The molecule has 1 aliphatic heterocycles. The largest absolute Gasteiger partial charge is 0.383 e. The first kappa shape index (κ1) is 26.0. The number of benzene rings is 2. The SMILES string of the molecule is COCCN1CCC(c2cc(F)c(F)c(F)c2)C1.Cc1c(NC(N)=O)n(-c2ccccc2)[nH]c1=O. The van der Waals surface area contributed by atoms with E-state index in [2.05, 4.69) is 15.3 Å². The highest BCUT2D eigenvalue weighted by molar-refractivity contribution is 5.87. The molecule has 1 unspecified atom stereocenters. The standard InChI is InChI=1S/C13H16F3NO.C11H12N4O2/c1-18-5-4-17-3-2-9(8-17)10-6-11(14)13(16)12(15)7-10;1-7-9(13-11(12)17)15(14-10(7)16)8-5-3-2-4-6-8/h6-7,9H,2-5,8H2,1H3;2-6H,1H3,(H,14,16)(H3,12,13,17). The molecular formula is C24H28F3N5O3. The molecule has 1 aliphatic rings.